The predicted octanol–water partition coefficient (Wildman–Crippen LogP) is 0.299. The Kier molecular flexibility index (Phi) is 3.55. The molecule has 0 spiro atoms. The number of esters is 2. The number of aliphatic hydroxyl groups is 2. The third kappa shape index (κ3) is 2.15. The first-order valence-electron chi connectivity index (χ1n) is 9.87. The van der Waals surface area contributed by atoms with Gasteiger partial charge >= 0.3 is 11.9 Å². The van der Waals surface area contributed by atoms with Gasteiger partial charge in [-0.25, -0.2) is 4.79 Å². The minimum atomic E-state index is -1.65. The second-order valence-corrected chi connectivity index (χ2v) is 9.58. The SMILES string of the molecule is C=C1C(=O)OC2C1C(OC(=O)CC(C)C)CC1(O)COC3(O)C1C2C1(C)OC13. The molecule has 2 N–H and O–H groups in total. The molecule has 9 unspecified atom stereocenters. The second-order valence-electron chi connectivity index (χ2n) is 9.58. The van der Waals surface area contributed by atoms with Gasteiger partial charge in [0.25, 0.3) is 0 Å². The number of epoxide rings is 1. The van der Waals surface area contributed by atoms with E-state index >= 15 is 0 Å². The fraction of sp³-hybridized carbons (Fsp3) is 0.800. The first kappa shape index (κ1) is 18.5. The van der Waals surface area contributed by atoms with E-state index in [9.17, 15) is 19.8 Å². The van der Waals surface area contributed by atoms with Gasteiger partial charge in [0.1, 0.15) is 29.5 Å². The monoisotopic (exact) mass is 394 g/mol. The Morgan fingerprint density at radius 1 is 1.39 bits per heavy atom. The summed E-state index contributed by atoms with van der Waals surface area (Å²) in [7, 11) is 0. The van der Waals surface area contributed by atoms with Crippen molar-refractivity contribution in [2.45, 2.75) is 68.9 Å². The maximum Gasteiger partial charge on any atom is 0.334 e. The van der Waals surface area contributed by atoms with Crippen LogP contribution in [0, 0.1) is 23.7 Å². The number of rotatable bonds is 3. The Labute approximate surface area is 162 Å². The van der Waals surface area contributed by atoms with E-state index in [0.717, 1.165) is 0 Å². The van der Waals surface area contributed by atoms with Crippen LogP contribution in [0.5, 0.6) is 0 Å². The molecule has 0 aromatic rings. The Balaban J connectivity index is 1.56. The maximum absolute atomic E-state index is 12.4. The molecule has 8 nitrogen and oxygen atoms in total. The van der Waals surface area contributed by atoms with Crippen LogP contribution in [0.1, 0.15) is 33.6 Å². The van der Waals surface area contributed by atoms with Crippen LogP contribution in [0.25, 0.3) is 0 Å². The van der Waals surface area contributed by atoms with E-state index in [1.807, 2.05) is 20.8 Å². The zero-order valence-corrected chi connectivity index (χ0v) is 16.2. The van der Waals surface area contributed by atoms with Crippen LogP contribution in [0.3, 0.4) is 0 Å². The summed E-state index contributed by atoms with van der Waals surface area (Å²) in [5.74, 6) is -4.26. The van der Waals surface area contributed by atoms with E-state index in [1.54, 1.807) is 0 Å². The van der Waals surface area contributed by atoms with Gasteiger partial charge < -0.3 is 29.2 Å². The highest BCUT2D eigenvalue weighted by atomic mass is 16.7. The van der Waals surface area contributed by atoms with E-state index in [2.05, 4.69) is 6.58 Å². The van der Waals surface area contributed by atoms with Crippen molar-refractivity contribution in [1.29, 1.82) is 0 Å². The fourth-order valence-electron chi connectivity index (χ4n) is 6.12. The molecule has 0 aromatic heterocycles. The molecule has 3 aliphatic heterocycles. The molecule has 8 heteroatoms. The molecule has 5 rings (SSSR count). The van der Waals surface area contributed by atoms with Crippen LogP contribution in [0.2, 0.25) is 0 Å². The molecule has 5 aliphatic rings. The average Bonchev–Trinajstić information content (AvgIpc) is 3.06. The highest BCUT2D eigenvalue weighted by Gasteiger charge is 2.87. The number of hydrogen-bond donors (Lipinski definition) is 2. The summed E-state index contributed by atoms with van der Waals surface area (Å²) < 4.78 is 22.8. The van der Waals surface area contributed by atoms with Crippen LogP contribution < -0.4 is 0 Å². The minimum absolute atomic E-state index is 0.0416. The second kappa shape index (κ2) is 5.36. The Bertz CT molecular complexity index is 778. The van der Waals surface area contributed by atoms with Gasteiger partial charge in [-0.2, -0.15) is 0 Å². The van der Waals surface area contributed by atoms with Gasteiger partial charge in [-0.1, -0.05) is 20.4 Å². The highest BCUT2D eigenvalue weighted by molar-refractivity contribution is 5.91. The van der Waals surface area contributed by atoms with Crippen molar-refractivity contribution >= 4 is 11.9 Å². The van der Waals surface area contributed by atoms with Gasteiger partial charge in [-0.15, -0.1) is 0 Å². The normalized spacial score (nSPS) is 53.4. The van der Waals surface area contributed by atoms with E-state index in [0.29, 0.717) is 0 Å². The third-order valence-electron chi connectivity index (χ3n) is 7.24. The highest BCUT2D eigenvalue weighted by Crippen LogP contribution is 2.70. The molecule has 154 valence electrons. The molecule has 28 heavy (non-hydrogen) atoms. The summed E-state index contributed by atoms with van der Waals surface area (Å²) in [6.07, 6.45) is -1.82. The summed E-state index contributed by atoms with van der Waals surface area (Å²) in [5, 5.41) is 22.6. The molecule has 9 atom stereocenters. The first-order valence-corrected chi connectivity index (χ1v) is 9.87. The topological polar surface area (TPSA) is 115 Å². The molecule has 0 aromatic carbocycles. The number of fused-ring (bicyclic) bond motifs is 5. The summed E-state index contributed by atoms with van der Waals surface area (Å²) >= 11 is 0. The zero-order chi connectivity index (χ0) is 20.2. The number of carbonyl (C=O) groups is 2. The lowest BCUT2D eigenvalue weighted by Crippen LogP contribution is -2.50. The fourth-order valence-corrected chi connectivity index (χ4v) is 6.12. The van der Waals surface area contributed by atoms with Crippen LogP contribution in [0.4, 0.5) is 0 Å². The summed E-state index contributed by atoms with van der Waals surface area (Å²) in [4.78, 5) is 24.8. The number of hydrogen-bond acceptors (Lipinski definition) is 8. The van der Waals surface area contributed by atoms with Crippen molar-refractivity contribution in [2.75, 3.05) is 6.61 Å². The molecule has 5 fully saturated rings. The van der Waals surface area contributed by atoms with Crippen LogP contribution in [-0.2, 0) is 28.5 Å². The Hall–Kier alpha value is -1.48. The Morgan fingerprint density at radius 2 is 2.11 bits per heavy atom. The Morgan fingerprint density at radius 3 is 2.79 bits per heavy atom. The molecule has 3 heterocycles. The summed E-state index contributed by atoms with van der Waals surface area (Å²) in [5.41, 5.74) is -1.97. The van der Waals surface area contributed by atoms with Crippen LogP contribution >= 0.6 is 0 Å². The minimum Gasteiger partial charge on any atom is -0.461 e. The van der Waals surface area contributed by atoms with E-state index in [4.69, 9.17) is 18.9 Å². The van der Waals surface area contributed by atoms with E-state index in [1.165, 1.54) is 0 Å². The lowest BCUT2D eigenvalue weighted by molar-refractivity contribution is -0.220. The van der Waals surface area contributed by atoms with Crippen LogP contribution in [0.15, 0.2) is 12.2 Å². The van der Waals surface area contributed by atoms with Crippen molar-refractivity contribution in [3.63, 3.8) is 0 Å². The van der Waals surface area contributed by atoms with Gasteiger partial charge in [0.05, 0.1) is 18.4 Å². The third-order valence-corrected chi connectivity index (χ3v) is 7.24. The first-order chi connectivity index (χ1) is 13.0. The predicted molar refractivity (Wildman–Crippen MR) is 92.6 cm³/mol. The average molecular weight is 394 g/mol. The van der Waals surface area contributed by atoms with Crippen molar-refractivity contribution in [1.82, 2.24) is 0 Å². The molecule has 0 bridgehead atoms. The van der Waals surface area contributed by atoms with Crippen molar-refractivity contribution in [3.05, 3.63) is 12.2 Å². The molecule has 0 radical (unpaired) electrons. The molecule has 2 saturated carbocycles. The van der Waals surface area contributed by atoms with Gasteiger partial charge in [0, 0.05) is 24.3 Å². The quantitative estimate of drug-likeness (QED) is 0.399. The molecular weight excluding hydrogens is 368 g/mol. The van der Waals surface area contributed by atoms with Crippen molar-refractivity contribution < 1.29 is 38.7 Å². The van der Waals surface area contributed by atoms with Crippen LogP contribution in [-0.4, -0.2) is 64.1 Å². The van der Waals surface area contributed by atoms with Gasteiger partial charge in [0.15, 0.2) is 0 Å². The summed E-state index contributed by atoms with van der Waals surface area (Å²) in [6, 6.07) is 0. The number of carbonyl (C=O) groups excluding carboxylic acids is 2. The van der Waals surface area contributed by atoms with Gasteiger partial charge in [0.2, 0.25) is 5.79 Å². The van der Waals surface area contributed by atoms with Crippen molar-refractivity contribution in [3.8, 4) is 0 Å². The van der Waals surface area contributed by atoms with Gasteiger partial charge in [-0.3, -0.25) is 4.79 Å². The van der Waals surface area contributed by atoms with E-state index < -0.39 is 65.0 Å². The number of ether oxygens (including phenoxy) is 4. The largest absolute Gasteiger partial charge is 0.461 e. The lowest BCUT2D eigenvalue weighted by Gasteiger charge is -2.36. The smallest absolute Gasteiger partial charge is 0.334 e. The molecular formula is C20H26O8. The molecule has 0 amide bonds. The maximum atomic E-state index is 12.4. The van der Waals surface area contributed by atoms with Gasteiger partial charge in [-0.05, 0) is 12.8 Å². The standard InChI is InChI=1S/C20H26O8/c1-8(2)5-11(21)26-10-6-19(23)7-25-20(24)15(19)13(18(4)17(20)28-18)14-12(10)9(3)16(22)27-14/h8,10,12-15,17,23-24H,3,5-7H2,1-2,4H3. The zero-order valence-electron chi connectivity index (χ0n) is 16.2. The van der Waals surface area contributed by atoms with Crippen molar-refractivity contribution in [2.24, 2.45) is 23.7 Å². The van der Waals surface area contributed by atoms with E-state index in [-0.39, 0.29) is 30.9 Å². The molecule has 3 saturated heterocycles. The lowest BCUT2D eigenvalue weighted by atomic mass is 9.74. The molecule has 2 aliphatic carbocycles. The summed E-state index contributed by atoms with van der Waals surface area (Å²) in [6.45, 7) is 9.43.